The van der Waals surface area contributed by atoms with E-state index in [0.717, 1.165) is 18.4 Å². The van der Waals surface area contributed by atoms with E-state index in [0.29, 0.717) is 13.0 Å². The summed E-state index contributed by atoms with van der Waals surface area (Å²) in [4.78, 5) is 11.2. The zero-order chi connectivity index (χ0) is 16.5. The molecule has 0 bridgehead atoms. The van der Waals surface area contributed by atoms with Crippen LogP contribution in [0.4, 0.5) is 0 Å². The standard InChI is InChI=1S/C19H24N2O2/c20-19(23)18(12-13-22)21-14-17-10-8-16(9-11-17)7-6-15-4-2-1-3-5-15/h1-5,8-11,18,21-22H,6-7,12-14H2,(H2,20,23). The van der Waals surface area contributed by atoms with Crippen LogP contribution < -0.4 is 11.1 Å². The zero-order valence-corrected chi connectivity index (χ0v) is 13.2. The average Bonchev–Trinajstić information content (AvgIpc) is 2.58. The first kappa shape index (κ1) is 17.2. The lowest BCUT2D eigenvalue weighted by Crippen LogP contribution is -2.41. The maximum Gasteiger partial charge on any atom is 0.234 e. The number of amides is 1. The first-order chi connectivity index (χ1) is 11.2. The van der Waals surface area contributed by atoms with Gasteiger partial charge in [-0.15, -0.1) is 0 Å². The molecule has 0 aliphatic carbocycles. The molecule has 0 aliphatic heterocycles. The molecule has 2 aromatic carbocycles. The molecule has 0 saturated heterocycles. The second-order valence-electron chi connectivity index (χ2n) is 5.65. The molecule has 0 heterocycles. The van der Waals surface area contributed by atoms with E-state index in [1.807, 2.05) is 6.07 Å². The van der Waals surface area contributed by atoms with E-state index in [9.17, 15) is 4.79 Å². The minimum absolute atomic E-state index is 0.0565. The zero-order valence-electron chi connectivity index (χ0n) is 13.2. The molecule has 0 aromatic heterocycles. The number of primary amides is 1. The van der Waals surface area contributed by atoms with Gasteiger partial charge in [-0.25, -0.2) is 0 Å². The van der Waals surface area contributed by atoms with Crippen LogP contribution >= 0.6 is 0 Å². The lowest BCUT2D eigenvalue weighted by Gasteiger charge is -2.14. The Hall–Kier alpha value is -2.17. The fourth-order valence-electron chi connectivity index (χ4n) is 2.47. The Morgan fingerprint density at radius 2 is 1.52 bits per heavy atom. The molecule has 1 unspecified atom stereocenters. The van der Waals surface area contributed by atoms with Crippen LogP contribution in [-0.4, -0.2) is 23.7 Å². The highest BCUT2D eigenvalue weighted by Gasteiger charge is 2.13. The van der Waals surface area contributed by atoms with Crippen LogP contribution in [0.25, 0.3) is 0 Å². The Morgan fingerprint density at radius 3 is 2.09 bits per heavy atom. The van der Waals surface area contributed by atoms with Crippen LogP contribution in [0.2, 0.25) is 0 Å². The molecule has 0 saturated carbocycles. The number of hydrogen-bond donors (Lipinski definition) is 3. The second-order valence-corrected chi connectivity index (χ2v) is 5.65. The third-order valence-electron chi connectivity index (χ3n) is 3.88. The van der Waals surface area contributed by atoms with E-state index in [-0.39, 0.29) is 6.61 Å². The average molecular weight is 312 g/mol. The van der Waals surface area contributed by atoms with Crippen LogP contribution in [0.15, 0.2) is 54.6 Å². The van der Waals surface area contributed by atoms with Crippen molar-refractivity contribution in [1.29, 1.82) is 0 Å². The summed E-state index contributed by atoms with van der Waals surface area (Å²) in [5, 5.41) is 12.0. The number of hydrogen-bond acceptors (Lipinski definition) is 3. The fraction of sp³-hybridized carbons (Fsp3) is 0.316. The highest BCUT2D eigenvalue weighted by molar-refractivity contribution is 5.79. The van der Waals surface area contributed by atoms with Crippen molar-refractivity contribution in [1.82, 2.24) is 5.32 Å². The number of carbonyl (C=O) groups is 1. The summed E-state index contributed by atoms with van der Waals surface area (Å²) in [6.07, 6.45) is 2.37. The van der Waals surface area contributed by atoms with Crippen molar-refractivity contribution in [2.24, 2.45) is 5.73 Å². The van der Waals surface area contributed by atoms with Gasteiger partial charge in [0.2, 0.25) is 5.91 Å². The first-order valence-electron chi connectivity index (χ1n) is 7.94. The quantitative estimate of drug-likeness (QED) is 0.661. The lowest BCUT2D eigenvalue weighted by molar-refractivity contribution is -0.120. The third kappa shape index (κ3) is 5.85. The minimum atomic E-state index is -0.488. The molecular formula is C19H24N2O2. The van der Waals surface area contributed by atoms with E-state index >= 15 is 0 Å². The SMILES string of the molecule is NC(=O)C(CCO)NCc1ccc(CCc2ccccc2)cc1. The van der Waals surface area contributed by atoms with Crippen molar-refractivity contribution < 1.29 is 9.90 Å². The Bertz CT molecular complexity index is 597. The van der Waals surface area contributed by atoms with Gasteiger partial charge in [-0.3, -0.25) is 4.79 Å². The van der Waals surface area contributed by atoms with Gasteiger partial charge in [-0.1, -0.05) is 54.6 Å². The van der Waals surface area contributed by atoms with E-state index in [2.05, 4.69) is 53.8 Å². The molecule has 23 heavy (non-hydrogen) atoms. The number of nitrogens with one attached hydrogen (secondary N) is 1. The molecule has 2 rings (SSSR count). The maximum atomic E-state index is 11.2. The number of aliphatic hydroxyl groups is 1. The number of nitrogens with two attached hydrogens (primary N) is 1. The lowest BCUT2D eigenvalue weighted by atomic mass is 10.0. The Balaban J connectivity index is 1.83. The van der Waals surface area contributed by atoms with E-state index in [1.54, 1.807) is 0 Å². The molecule has 122 valence electrons. The van der Waals surface area contributed by atoms with Gasteiger partial charge < -0.3 is 16.2 Å². The van der Waals surface area contributed by atoms with Gasteiger partial charge in [0.25, 0.3) is 0 Å². The predicted molar refractivity (Wildman–Crippen MR) is 91.8 cm³/mol. The maximum absolute atomic E-state index is 11.2. The smallest absolute Gasteiger partial charge is 0.234 e. The van der Waals surface area contributed by atoms with E-state index in [4.69, 9.17) is 10.8 Å². The van der Waals surface area contributed by atoms with Crippen LogP contribution in [0.5, 0.6) is 0 Å². The highest BCUT2D eigenvalue weighted by atomic mass is 16.3. The van der Waals surface area contributed by atoms with Gasteiger partial charge in [0.05, 0.1) is 6.04 Å². The van der Waals surface area contributed by atoms with Crippen molar-refractivity contribution >= 4 is 5.91 Å². The molecule has 4 heteroatoms. The normalized spacial score (nSPS) is 12.0. The number of rotatable bonds is 9. The molecule has 1 atom stereocenters. The van der Waals surface area contributed by atoms with Crippen LogP contribution in [0, 0.1) is 0 Å². The van der Waals surface area contributed by atoms with Crippen LogP contribution in [0.3, 0.4) is 0 Å². The topological polar surface area (TPSA) is 75.4 Å². The van der Waals surface area contributed by atoms with Crippen molar-refractivity contribution in [3.63, 3.8) is 0 Å². The molecule has 1 amide bonds. The van der Waals surface area contributed by atoms with Gasteiger partial charge >= 0.3 is 0 Å². The van der Waals surface area contributed by atoms with Crippen LogP contribution in [-0.2, 0) is 24.2 Å². The fourth-order valence-corrected chi connectivity index (χ4v) is 2.47. The summed E-state index contributed by atoms with van der Waals surface area (Å²) in [6, 6.07) is 18.3. The number of aryl methyl sites for hydroxylation is 2. The summed E-state index contributed by atoms with van der Waals surface area (Å²) in [5.74, 6) is -0.432. The van der Waals surface area contributed by atoms with E-state index in [1.165, 1.54) is 11.1 Å². The summed E-state index contributed by atoms with van der Waals surface area (Å²) in [7, 11) is 0. The van der Waals surface area contributed by atoms with Crippen molar-refractivity contribution in [2.75, 3.05) is 6.61 Å². The largest absolute Gasteiger partial charge is 0.396 e. The molecule has 0 radical (unpaired) electrons. The number of aliphatic hydroxyl groups excluding tert-OH is 1. The molecule has 0 fully saturated rings. The number of benzene rings is 2. The summed E-state index contributed by atoms with van der Waals surface area (Å²) < 4.78 is 0. The van der Waals surface area contributed by atoms with Crippen molar-refractivity contribution in [3.8, 4) is 0 Å². The molecule has 2 aromatic rings. The molecule has 0 spiro atoms. The molecule has 4 nitrogen and oxygen atoms in total. The van der Waals surface area contributed by atoms with Gasteiger partial charge in [-0.2, -0.15) is 0 Å². The molecule has 0 aliphatic rings. The predicted octanol–water partition coefficient (Wildman–Crippen LogP) is 1.80. The minimum Gasteiger partial charge on any atom is -0.396 e. The first-order valence-corrected chi connectivity index (χ1v) is 7.94. The Morgan fingerprint density at radius 1 is 0.957 bits per heavy atom. The van der Waals surface area contributed by atoms with Crippen molar-refractivity contribution in [2.45, 2.75) is 31.8 Å². The summed E-state index contributed by atoms with van der Waals surface area (Å²) in [5.41, 5.74) is 9.02. The monoisotopic (exact) mass is 312 g/mol. The van der Waals surface area contributed by atoms with Crippen molar-refractivity contribution in [3.05, 3.63) is 71.3 Å². The third-order valence-corrected chi connectivity index (χ3v) is 3.88. The second kappa shape index (κ2) is 9.08. The Labute approximate surface area is 137 Å². The van der Waals surface area contributed by atoms with Gasteiger partial charge in [0.1, 0.15) is 0 Å². The summed E-state index contributed by atoms with van der Waals surface area (Å²) in [6.45, 7) is 0.506. The highest BCUT2D eigenvalue weighted by Crippen LogP contribution is 2.09. The summed E-state index contributed by atoms with van der Waals surface area (Å²) >= 11 is 0. The number of carbonyl (C=O) groups excluding carboxylic acids is 1. The van der Waals surface area contributed by atoms with E-state index < -0.39 is 11.9 Å². The van der Waals surface area contributed by atoms with Crippen LogP contribution in [0.1, 0.15) is 23.1 Å². The van der Waals surface area contributed by atoms with Gasteiger partial charge in [-0.05, 0) is 36.0 Å². The molecule has 4 N–H and O–H groups in total. The van der Waals surface area contributed by atoms with Gasteiger partial charge in [0.15, 0.2) is 0 Å². The Kier molecular flexibility index (Phi) is 6.78. The van der Waals surface area contributed by atoms with Gasteiger partial charge in [0, 0.05) is 13.2 Å². The molecular weight excluding hydrogens is 288 g/mol.